The summed E-state index contributed by atoms with van der Waals surface area (Å²) < 4.78 is 11.8. The molecule has 2 rings (SSSR count). The predicted molar refractivity (Wildman–Crippen MR) is 94.6 cm³/mol. The van der Waals surface area contributed by atoms with Gasteiger partial charge in [0.25, 0.3) is 0 Å². The second-order valence-electron chi connectivity index (χ2n) is 4.44. The quantitative estimate of drug-likeness (QED) is 0.539. The van der Waals surface area contributed by atoms with E-state index < -0.39 is 0 Å². The normalized spacial score (nSPS) is 10.8. The van der Waals surface area contributed by atoms with E-state index in [1.54, 1.807) is 7.11 Å². The minimum atomic E-state index is 0.661. The van der Waals surface area contributed by atoms with Crippen LogP contribution < -0.4 is 9.47 Å². The minimum absolute atomic E-state index is 0.661. The van der Waals surface area contributed by atoms with Crippen LogP contribution in [0.15, 0.2) is 47.5 Å². The van der Waals surface area contributed by atoms with Gasteiger partial charge in [-0.1, -0.05) is 12.1 Å². The van der Waals surface area contributed by atoms with Crippen LogP contribution in [0.3, 0.4) is 0 Å². The van der Waals surface area contributed by atoms with Crippen molar-refractivity contribution in [3.05, 3.63) is 57.2 Å². The van der Waals surface area contributed by atoms with Gasteiger partial charge in [0, 0.05) is 6.21 Å². The molecule has 0 saturated heterocycles. The van der Waals surface area contributed by atoms with Gasteiger partial charge in [0.2, 0.25) is 0 Å². The fraction of sp³-hybridized carbons (Fsp3) is 0.235. The molecule has 0 radical (unpaired) electrons. The first kappa shape index (κ1) is 15.8. The summed E-state index contributed by atoms with van der Waals surface area (Å²) in [5, 5.41) is 0. The zero-order valence-electron chi connectivity index (χ0n) is 12.2. The van der Waals surface area contributed by atoms with Crippen LogP contribution in [0.1, 0.15) is 18.1 Å². The van der Waals surface area contributed by atoms with Crippen molar-refractivity contribution in [1.29, 1.82) is 0 Å². The molecular weight excluding hydrogens is 377 g/mol. The van der Waals surface area contributed by atoms with Crippen molar-refractivity contribution in [2.24, 2.45) is 4.99 Å². The van der Waals surface area contributed by atoms with Crippen LogP contribution in [0.2, 0.25) is 0 Å². The van der Waals surface area contributed by atoms with Gasteiger partial charge in [-0.2, -0.15) is 0 Å². The first-order valence-electron chi connectivity index (χ1n) is 6.78. The number of aliphatic imine (C=N–C) groups is 1. The molecule has 0 heterocycles. The minimum Gasteiger partial charge on any atom is -0.497 e. The van der Waals surface area contributed by atoms with Crippen molar-refractivity contribution in [2.45, 2.75) is 13.5 Å². The lowest BCUT2D eigenvalue weighted by atomic mass is 10.2. The number of rotatable bonds is 6. The Balaban J connectivity index is 1.98. The molecule has 2 aromatic rings. The van der Waals surface area contributed by atoms with Gasteiger partial charge < -0.3 is 9.47 Å². The molecule has 3 nitrogen and oxygen atoms in total. The molecule has 0 fully saturated rings. The van der Waals surface area contributed by atoms with E-state index >= 15 is 0 Å². The maximum Gasteiger partial charge on any atom is 0.132 e. The molecule has 0 aromatic heterocycles. The maximum absolute atomic E-state index is 5.52. The third kappa shape index (κ3) is 4.74. The molecule has 0 bridgehead atoms. The van der Waals surface area contributed by atoms with Crippen LogP contribution in [-0.4, -0.2) is 19.9 Å². The Morgan fingerprint density at radius 1 is 1.14 bits per heavy atom. The third-order valence-corrected chi connectivity index (χ3v) is 3.77. The summed E-state index contributed by atoms with van der Waals surface area (Å²) in [5.41, 5.74) is 2.24. The van der Waals surface area contributed by atoms with E-state index in [0.29, 0.717) is 13.2 Å². The zero-order chi connectivity index (χ0) is 15.1. The van der Waals surface area contributed by atoms with E-state index in [9.17, 15) is 0 Å². The lowest BCUT2D eigenvalue weighted by molar-refractivity contribution is 0.338. The summed E-state index contributed by atoms with van der Waals surface area (Å²) in [6.45, 7) is 3.33. The van der Waals surface area contributed by atoms with Gasteiger partial charge in [0.15, 0.2) is 0 Å². The molecule has 110 valence electrons. The monoisotopic (exact) mass is 395 g/mol. The zero-order valence-corrected chi connectivity index (χ0v) is 14.3. The Kier molecular flexibility index (Phi) is 6.04. The van der Waals surface area contributed by atoms with Crippen molar-refractivity contribution in [3.63, 3.8) is 0 Å². The van der Waals surface area contributed by atoms with Gasteiger partial charge in [-0.15, -0.1) is 0 Å². The van der Waals surface area contributed by atoms with Crippen LogP contribution in [0.5, 0.6) is 11.5 Å². The highest BCUT2D eigenvalue weighted by Crippen LogP contribution is 2.21. The first-order chi connectivity index (χ1) is 10.2. The highest BCUT2D eigenvalue weighted by molar-refractivity contribution is 14.1. The lowest BCUT2D eigenvalue weighted by Gasteiger charge is -2.05. The van der Waals surface area contributed by atoms with Crippen molar-refractivity contribution < 1.29 is 9.47 Å². The molecule has 0 N–H and O–H groups in total. The Labute approximate surface area is 139 Å². The lowest BCUT2D eigenvalue weighted by Crippen LogP contribution is -1.95. The van der Waals surface area contributed by atoms with E-state index in [1.807, 2.05) is 49.5 Å². The summed E-state index contributed by atoms with van der Waals surface area (Å²) >= 11 is 2.28. The Bertz CT molecular complexity index is 609. The number of hydrogen-bond donors (Lipinski definition) is 0. The average Bonchev–Trinajstić information content (AvgIpc) is 2.51. The van der Waals surface area contributed by atoms with Gasteiger partial charge in [-0.3, -0.25) is 4.99 Å². The highest BCUT2D eigenvalue weighted by Gasteiger charge is 2.00. The standard InChI is InChI=1S/C17H18INO2/c1-3-21-17-9-6-14(10-16(17)18)12-19-11-13-4-7-15(20-2)8-5-13/h4-10,12H,3,11H2,1-2H3. The number of methoxy groups -OCH3 is 1. The van der Waals surface area contributed by atoms with Crippen LogP contribution in [0.4, 0.5) is 0 Å². The van der Waals surface area contributed by atoms with Crippen LogP contribution >= 0.6 is 22.6 Å². The van der Waals surface area contributed by atoms with Gasteiger partial charge in [0.05, 0.1) is 23.8 Å². The Morgan fingerprint density at radius 2 is 1.90 bits per heavy atom. The largest absolute Gasteiger partial charge is 0.497 e. The van der Waals surface area contributed by atoms with E-state index in [1.165, 1.54) is 0 Å². The number of benzene rings is 2. The van der Waals surface area contributed by atoms with Crippen LogP contribution in [-0.2, 0) is 6.54 Å². The topological polar surface area (TPSA) is 30.8 Å². The summed E-state index contributed by atoms with van der Waals surface area (Å²) in [6.07, 6.45) is 1.89. The average molecular weight is 395 g/mol. The fourth-order valence-corrected chi connectivity index (χ4v) is 2.55. The molecule has 4 heteroatoms. The molecule has 0 aliphatic carbocycles. The molecule has 0 unspecified atom stereocenters. The molecular formula is C17H18INO2. The number of ether oxygens (including phenoxy) is 2. The van der Waals surface area contributed by atoms with Gasteiger partial charge in [-0.05, 0) is 71.0 Å². The van der Waals surface area contributed by atoms with Gasteiger partial charge >= 0.3 is 0 Å². The second kappa shape index (κ2) is 8.02. The van der Waals surface area contributed by atoms with E-state index in [4.69, 9.17) is 9.47 Å². The summed E-state index contributed by atoms with van der Waals surface area (Å²) in [4.78, 5) is 4.47. The number of nitrogens with zero attached hydrogens (tertiary/aromatic N) is 1. The van der Waals surface area contributed by atoms with Crippen LogP contribution in [0.25, 0.3) is 0 Å². The first-order valence-corrected chi connectivity index (χ1v) is 7.86. The van der Waals surface area contributed by atoms with Crippen molar-refractivity contribution in [2.75, 3.05) is 13.7 Å². The van der Waals surface area contributed by atoms with Gasteiger partial charge in [-0.25, -0.2) is 0 Å². The Morgan fingerprint density at radius 3 is 2.52 bits per heavy atom. The van der Waals surface area contributed by atoms with E-state index in [-0.39, 0.29) is 0 Å². The molecule has 0 saturated carbocycles. The predicted octanol–water partition coefficient (Wildman–Crippen LogP) is 4.32. The smallest absolute Gasteiger partial charge is 0.132 e. The summed E-state index contributed by atoms with van der Waals surface area (Å²) in [5.74, 6) is 1.79. The van der Waals surface area contributed by atoms with Crippen LogP contribution in [0, 0.1) is 3.57 Å². The molecule has 0 aliphatic rings. The highest BCUT2D eigenvalue weighted by atomic mass is 127. The second-order valence-corrected chi connectivity index (χ2v) is 5.60. The van der Waals surface area contributed by atoms with Gasteiger partial charge in [0.1, 0.15) is 11.5 Å². The number of halogens is 1. The third-order valence-electron chi connectivity index (χ3n) is 2.93. The van der Waals surface area contributed by atoms with Crippen molar-refractivity contribution in [1.82, 2.24) is 0 Å². The maximum atomic E-state index is 5.52. The fourth-order valence-electron chi connectivity index (χ4n) is 1.86. The molecule has 2 aromatic carbocycles. The molecule has 0 amide bonds. The summed E-state index contributed by atoms with van der Waals surface area (Å²) in [7, 11) is 1.67. The van der Waals surface area contributed by atoms with E-state index in [0.717, 1.165) is 26.2 Å². The molecule has 21 heavy (non-hydrogen) atoms. The molecule has 0 spiro atoms. The number of hydrogen-bond acceptors (Lipinski definition) is 3. The Hall–Kier alpha value is -1.56. The molecule has 0 atom stereocenters. The SMILES string of the molecule is CCOc1ccc(C=NCc2ccc(OC)cc2)cc1I. The van der Waals surface area contributed by atoms with Crippen molar-refractivity contribution in [3.8, 4) is 11.5 Å². The van der Waals surface area contributed by atoms with E-state index in [2.05, 4.69) is 33.6 Å². The molecule has 0 aliphatic heterocycles. The summed E-state index contributed by atoms with van der Waals surface area (Å²) in [6, 6.07) is 14.0. The van der Waals surface area contributed by atoms with Crippen molar-refractivity contribution >= 4 is 28.8 Å².